The van der Waals surface area contributed by atoms with Crippen LogP contribution in [0.3, 0.4) is 0 Å². The van der Waals surface area contributed by atoms with Crippen molar-refractivity contribution in [2.24, 2.45) is 28.5 Å². The Bertz CT molecular complexity index is 1050. The number of nitrogens with two attached hydrogens (primary N) is 1. The molecule has 1 amide bonds. The molecule has 6 rings (SSSR count). The van der Waals surface area contributed by atoms with Gasteiger partial charge in [0.15, 0.2) is 5.96 Å². The molecule has 2 aromatic rings. The first-order valence-corrected chi connectivity index (χ1v) is 12.5. The van der Waals surface area contributed by atoms with Crippen molar-refractivity contribution < 1.29 is 14.3 Å². The molecule has 4 aliphatic carbocycles. The van der Waals surface area contributed by atoms with Crippen LogP contribution < -0.4 is 11.1 Å². The van der Waals surface area contributed by atoms with E-state index in [-0.39, 0.29) is 37.0 Å². The van der Waals surface area contributed by atoms with Crippen molar-refractivity contribution in [3.63, 3.8) is 0 Å². The minimum absolute atomic E-state index is 0.0668. The number of ether oxygens (including phenoxy) is 1. The van der Waals surface area contributed by atoms with Gasteiger partial charge in [-0.1, -0.05) is 30.3 Å². The van der Waals surface area contributed by atoms with Gasteiger partial charge in [-0.3, -0.25) is 14.9 Å². The number of hydrogen-bond donors (Lipinski definition) is 2. The van der Waals surface area contributed by atoms with Crippen LogP contribution in [0.2, 0.25) is 0 Å². The van der Waals surface area contributed by atoms with E-state index in [0.29, 0.717) is 0 Å². The van der Waals surface area contributed by atoms with Gasteiger partial charge in [0.2, 0.25) is 5.91 Å². The number of aromatic nitrogens is 1. The number of carbonyl (C=O) groups is 2. The lowest BCUT2D eigenvalue weighted by molar-refractivity contribution is -0.141. The minimum atomic E-state index is -0.472. The molecule has 34 heavy (non-hydrogen) atoms. The van der Waals surface area contributed by atoms with E-state index in [1.54, 1.807) is 6.92 Å². The summed E-state index contributed by atoms with van der Waals surface area (Å²) in [5.41, 5.74) is 9.46. The van der Waals surface area contributed by atoms with Crippen LogP contribution in [0, 0.1) is 17.8 Å². The van der Waals surface area contributed by atoms with Crippen molar-refractivity contribution in [2.45, 2.75) is 57.4 Å². The number of hydrogen-bond acceptors (Lipinski definition) is 4. The summed E-state index contributed by atoms with van der Waals surface area (Å²) in [6.45, 7) is 1.96. The summed E-state index contributed by atoms with van der Waals surface area (Å²) < 4.78 is 7.05. The fourth-order valence-corrected chi connectivity index (χ4v) is 7.11. The Kier molecular flexibility index (Phi) is 6.19. The zero-order valence-electron chi connectivity index (χ0n) is 19.8. The van der Waals surface area contributed by atoms with Crippen LogP contribution >= 0.6 is 0 Å². The van der Waals surface area contributed by atoms with Gasteiger partial charge in [-0.05, 0) is 80.9 Å². The van der Waals surface area contributed by atoms with Gasteiger partial charge < -0.3 is 15.0 Å². The maximum atomic E-state index is 13.0. The second-order valence-electron chi connectivity index (χ2n) is 10.3. The molecule has 1 aromatic carbocycles. The Balaban J connectivity index is 1.41. The lowest BCUT2D eigenvalue weighted by Gasteiger charge is -2.57. The number of esters is 1. The molecule has 180 valence electrons. The lowest BCUT2D eigenvalue weighted by Crippen LogP contribution is -2.49. The fraction of sp³-hybridized carbons (Fsp3) is 0.519. The zero-order chi connectivity index (χ0) is 23.7. The first kappa shape index (κ1) is 22.7. The third kappa shape index (κ3) is 4.48. The zero-order valence-corrected chi connectivity index (χ0v) is 19.8. The molecule has 1 aromatic heterocycles. The van der Waals surface area contributed by atoms with E-state index in [1.807, 2.05) is 18.2 Å². The average Bonchev–Trinajstić information content (AvgIpc) is 3.22. The lowest BCUT2D eigenvalue weighted by atomic mass is 9.49. The topological polar surface area (TPSA) is 98.7 Å². The number of benzene rings is 1. The Morgan fingerprint density at radius 2 is 1.71 bits per heavy atom. The summed E-state index contributed by atoms with van der Waals surface area (Å²) in [5.74, 6) is 1.66. The summed E-state index contributed by atoms with van der Waals surface area (Å²) >= 11 is 0. The van der Waals surface area contributed by atoms with Gasteiger partial charge in [0.1, 0.15) is 13.1 Å². The van der Waals surface area contributed by atoms with E-state index in [0.717, 1.165) is 29.0 Å². The van der Waals surface area contributed by atoms with Crippen molar-refractivity contribution in [1.29, 1.82) is 0 Å². The summed E-state index contributed by atoms with van der Waals surface area (Å²) in [6.07, 6.45) is 7.80. The van der Waals surface area contributed by atoms with E-state index in [4.69, 9.17) is 10.5 Å². The van der Waals surface area contributed by atoms with Crippen molar-refractivity contribution in [2.75, 3.05) is 13.2 Å². The first-order valence-electron chi connectivity index (χ1n) is 12.5. The smallest absolute Gasteiger partial charge is 0.327 e. The molecule has 7 nitrogen and oxygen atoms in total. The quantitative estimate of drug-likeness (QED) is 0.373. The predicted octanol–water partition coefficient (Wildman–Crippen LogP) is 3.62. The predicted molar refractivity (Wildman–Crippen MR) is 131 cm³/mol. The second-order valence-corrected chi connectivity index (χ2v) is 10.3. The van der Waals surface area contributed by atoms with Crippen molar-refractivity contribution in [3.8, 4) is 11.3 Å². The Labute approximate surface area is 200 Å². The van der Waals surface area contributed by atoms with Gasteiger partial charge in [0.05, 0.1) is 6.61 Å². The molecule has 0 aliphatic heterocycles. The SMILES string of the molecule is CCOC(=O)CN=C(N)NC(=O)Cn1c(-c2ccccc2)ccc1C12CC3CC(CC(C3)C1)C2. The maximum Gasteiger partial charge on any atom is 0.327 e. The highest BCUT2D eigenvalue weighted by Crippen LogP contribution is 2.61. The first-order chi connectivity index (χ1) is 16.5. The molecule has 0 saturated heterocycles. The Morgan fingerprint density at radius 3 is 2.32 bits per heavy atom. The molecular weight excluding hydrogens is 428 g/mol. The molecular formula is C27H34N4O3. The molecule has 0 unspecified atom stereocenters. The van der Waals surface area contributed by atoms with E-state index in [2.05, 4.69) is 39.1 Å². The standard InChI is InChI=1S/C27H34N4O3/c1-2-34-25(33)16-29-26(28)30-24(32)17-31-22(21-6-4-3-5-7-21)8-9-23(31)27-13-18-10-19(14-27)12-20(11-18)15-27/h3-9,18-20H,2,10-17H2,1H3,(H3,28,29,30,32). The highest BCUT2D eigenvalue weighted by atomic mass is 16.5. The third-order valence-corrected chi connectivity index (χ3v) is 7.88. The molecule has 0 radical (unpaired) electrons. The molecule has 0 spiro atoms. The maximum absolute atomic E-state index is 13.0. The molecule has 4 aliphatic rings. The van der Waals surface area contributed by atoms with Crippen molar-refractivity contribution >= 4 is 17.8 Å². The van der Waals surface area contributed by atoms with E-state index >= 15 is 0 Å². The highest BCUT2D eigenvalue weighted by Gasteiger charge is 2.52. The molecule has 4 saturated carbocycles. The van der Waals surface area contributed by atoms with Crippen LogP contribution in [0.1, 0.15) is 51.1 Å². The number of carbonyl (C=O) groups excluding carboxylic acids is 2. The van der Waals surface area contributed by atoms with Crippen LogP contribution in [0.4, 0.5) is 0 Å². The Morgan fingerprint density at radius 1 is 1.06 bits per heavy atom. The van der Waals surface area contributed by atoms with Crippen LogP contribution in [0.5, 0.6) is 0 Å². The molecule has 3 N–H and O–H groups in total. The molecule has 0 atom stereocenters. The van der Waals surface area contributed by atoms with Gasteiger partial charge in [0, 0.05) is 16.8 Å². The summed E-state index contributed by atoms with van der Waals surface area (Å²) in [6, 6.07) is 14.6. The third-order valence-electron chi connectivity index (χ3n) is 7.88. The van der Waals surface area contributed by atoms with E-state index < -0.39 is 5.97 Å². The van der Waals surface area contributed by atoms with Crippen LogP contribution in [0.25, 0.3) is 11.3 Å². The van der Waals surface area contributed by atoms with Gasteiger partial charge in [0.25, 0.3) is 0 Å². The van der Waals surface area contributed by atoms with Crippen LogP contribution in [0.15, 0.2) is 47.5 Å². The number of nitrogens with zero attached hydrogens (tertiary/aromatic N) is 2. The highest BCUT2D eigenvalue weighted by molar-refractivity contribution is 5.96. The summed E-state index contributed by atoms with van der Waals surface area (Å²) in [5, 5.41) is 2.66. The van der Waals surface area contributed by atoms with Gasteiger partial charge in [-0.2, -0.15) is 0 Å². The summed E-state index contributed by atoms with van der Waals surface area (Å²) in [4.78, 5) is 28.5. The number of rotatable bonds is 7. The molecule has 4 fully saturated rings. The van der Waals surface area contributed by atoms with Crippen LogP contribution in [-0.4, -0.2) is 35.6 Å². The number of guanidine groups is 1. The van der Waals surface area contributed by atoms with Gasteiger partial charge in [-0.25, -0.2) is 4.99 Å². The molecule has 7 heteroatoms. The largest absolute Gasteiger partial charge is 0.465 e. The van der Waals surface area contributed by atoms with Crippen molar-refractivity contribution in [1.82, 2.24) is 9.88 Å². The number of amides is 1. The van der Waals surface area contributed by atoms with Gasteiger partial charge >= 0.3 is 5.97 Å². The average molecular weight is 463 g/mol. The Hall–Kier alpha value is -3.09. The number of nitrogens with one attached hydrogen (secondary N) is 1. The minimum Gasteiger partial charge on any atom is -0.465 e. The number of aliphatic imine (C=N–C) groups is 1. The van der Waals surface area contributed by atoms with Crippen molar-refractivity contribution in [3.05, 3.63) is 48.2 Å². The molecule has 1 heterocycles. The molecule has 4 bridgehead atoms. The van der Waals surface area contributed by atoms with Crippen LogP contribution in [-0.2, 0) is 26.3 Å². The van der Waals surface area contributed by atoms with E-state index in [9.17, 15) is 9.59 Å². The second kappa shape index (κ2) is 9.28. The van der Waals surface area contributed by atoms with E-state index in [1.165, 1.54) is 44.2 Å². The summed E-state index contributed by atoms with van der Waals surface area (Å²) in [7, 11) is 0. The fourth-order valence-electron chi connectivity index (χ4n) is 7.11. The normalized spacial score (nSPS) is 27.6. The van der Waals surface area contributed by atoms with Gasteiger partial charge in [-0.15, -0.1) is 0 Å². The monoisotopic (exact) mass is 462 g/mol.